The number of anilines is 1. The van der Waals surface area contributed by atoms with E-state index in [0.717, 1.165) is 4.57 Å². The van der Waals surface area contributed by atoms with Crippen molar-refractivity contribution in [3.63, 3.8) is 0 Å². The van der Waals surface area contributed by atoms with Crippen molar-refractivity contribution in [1.82, 2.24) is 9.55 Å². The Hall–Kier alpha value is -1.47. The van der Waals surface area contributed by atoms with Gasteiger partial charge in [0.15, 0.2) is 11.8 Å². The van der Waals surface area contributed by atoms with Crippen LogP contribution in [-0.2, 0) is 31.6 Å². The number of rotatable bonds is 8. The Morgan fingerprint density at radius 1 is 1.28 bits per heavy atom. The molecule has 180 valence electrons. The molecule has 2 rings (SSSR count). The number of phosphoric acid groups is 3. The Labute approximate surface area is 179 Å². The molecule has 6 atom stereocenters. The summed E-state index contributed by atoms with van der Waals surface area (Å²) in [5.41, 5.74) is 8.69. The van der Waals surface area contributed by atoms with Crippen LogP contribution in [0.25, 0.3) is 0 Å². The first-order valence-electron chi connectivity index (χ1n) is 8.15. The molecule has 17 nitrogen and oxygen atoms in total. The molecule has 3 unspecified atom stereocenters. The van der Waals surface area contributed by atoms with E-state index in [4.69, 9.17) is 37.3 Å². The molecule has 32 heavy (non-hydrogen) atoms. The van der Waals surface area contributed by atoms with Crippen molar-refractivity contribution in [2.75, 3.05) is 12.3 Å². The van der Waals surface area contributed by atoms with Gasteiger partial charge in [-0.25, -0.2) is 18.5 Å². The second-order valence-corrected chi connectivity index (χ2v) is 10.8. The number of terminal acetylenes is 1. The van der Waals surface area contributed by atoms with E-state index in [0.29, 0.717) is 0 Å². The van der Waals surface area contributed by atoms with E-state index in [2.05, 4.69) is 24.0 Å². The Morgan fingerprint density at radius 2 is 1.88 bits per heavy atom. The minimum atomic E-state index is -5.75. The minimum absolute atomic E-state index is 0.116. The number of aliphatic hydroxyl groups excluding tert-OH is 1. The molecule has 2 heterocycles. The zero-order chi connectivity index (χ0) is 24.7. The maximum atomic E-state index is 12.3. The lowest BCUT2D eigenvalue weighted by atomic mass is 9.92. The number of aromatic nitrogens is 2. The van der Waals surface area contributed by atoms with Crippen molar-refractivity contribution in [2.24, 2.45) is 5.73 Å². The van der Waals surface area contributed by atoms with Gasteiger partial charge in [-0.15, -0.1) is 6.42 Å². The second kappa shape index (κ2) is 9.05. The monoisotopic (exact) mass is 520 g/mol. The highest BCUT2D eigenvalue weighted by Gasteiger charge is 2.55. The first-order valence-corrected chi connectivity index (χ1v) is 12.7. The van der Waals surface area contributed by atoms with Gasteiger partial charge in [-0.3, -0.25) is 9.09 Å². The van der Waals surface area contributed by atoms with Gasteiger partial charge in [-0.1, -0.05) is 5.92 Å². The molecule has 9 N–H and O–H groups in total. The summed E-state index contributed by atoms with van der Waals surface area (Å²) in [5.74, 6) is 1.96. The molecular formula is C12H19N4O13P3. The predicted molar refractivity (Wildman–Crippen MR) is 103 cm³/mol. The number of nitrogen functional groups attached to an aromatic ring is 1. The summed E-state index contributed by atoms with van der Waals surface area (Å²) in [6.07, 6.45) is 0.453. The van der Waals surface area contributed by atoms with Crippen LogP contribution in [0.4, 0.5) is 5.82 Å². The van der Waals surface area contributed by atoms with Crippen LogP contribution in [0.5, 0.6) is 0 Å². The Morgan fingerprint density at radius 3 is 2.38 bits per heavy atom. The third-order valence-electron chi connectivity index (χ3n) is 4.02. The number of aryl methyl sites for hydroxylation is 1. The van der Waals surface area contributed by atoms with E-state index >= 15 is 0 Å². The van der Waals surface area contributed by atoms with E-state index < -0.39 is 59.7 Å². The maximum Gasteiger partial charge on any atom is 0.490 e. The average Bonchev–Trinajstić information content (AvgIpc) is 2.81. The largest absolute Gasteiger partial charge is 0.490 e. The van der Waals surface area contributed by atoms with E-state index in [-0.39, 0.29) is 11.5 Å². The number of hydrogen-bond donors (Lipinski definition) is 7. The third kappa shape index (κ3) is 6.10. The molecule has 1 aromatic heterocycles. The first kappa shape index (κ1) is 26.8. The van der Waals surface area contributed by atoms with Crippen LogP contribution < -0.4 is 17.2 Å². The number of aliphatic hydroxyl groups is 1. The molecule has 0 spiro atoms. The molecule has 0 radical (unpaired) electrons. The normalized spacial score (nSPS) is 29.8. The van der Waals surface area contributed by atoms with Crippen molar-refractivity contribution in [1.29, 1.82) is 0 Å². The van der Waals surface area contributed by atoms with Crippen molar-refractivity contribution < 1.29 is 56.3 Å². The van der Waals surface area contributed by atoms with Crippen molar-refractivity contribution in [3.8, 4) is 12.3 Å². The fourth-order valence-electron chi connectivity index (χ4n) is 2.76. The van der Waals surface area contributed by atoms with Crippen LogP contribution in [0.3, 0.4) is 0 Å². The standard InChI is InChI=1S/C12H19N4O13P3/c1-3-12(14)9(17)7(27-10(12)16-6(2)4-8(13)15-11(16)18)5-26-31(22,23)29-32(24,25)28-30(19,20)21/h1,4,7,9-10,17H,5,14H2,2H3,(H,22,23)(H,24,25)(H2,13,15,18)(H2,19,20,21)/t7-,9?,10-,12-/m1/s1. The molecule has 1 aliphatic heterocycles. The van der Waals surface area contributed by atoms with Gasteiger partial charge < -0.3 is 40.9 Å². The molecule has 1 aliphatic rings. The van der Waals surface area contributed by atoms with E-state index in [1.165, 1.54) is 13.0 Å². The third-order valence-corrected chi connectivity index (χ3v) is 7.83. The number of nitrogens with zero attached hydrogens (tertiary/aromatic N) is 2. The second-order valence-electron chi connectivity index (χ2n) is 6.41. The molecule has 1 aromatic rings. The van der Waals surface area contributed by atoms with E-state index in [1.807, 2.05) is 0 Å². The fraction of sp³-hybridized carbons (Fsp3) is 0.500. The van der Waals surface area contributed by atoms with Crippen LogP contribution in [0, 0.1) is 19.3 Å². The minimum Gasteiger partial charge on any atom is -0.387 e. The predicted octanol–water partition coefficient (Wildman–Crippen LogP) is -1.93. The average molecular weight is 520 g/mol. The summed E-state index contributed by atoms with van der Waals surface area (Å²) in [6.45, 7) is 0.393. The SMILES string of the molecule is C#C[C@@]1(N)C(O)[C@@H](COP(=O)(O)OP(=O)(O)OP(=O)(O)O)O[C@H]1n1c(C)cc(N)nc1=O. The smallest absolute Gasteiger partial charge is 0.387 e. The van der Waals surface area contributed by atoms with Crippen LogP contribution in [0.1, 0.15) is 11.9 Å². The number of phosphoric ester groups is 1. The maximum absolute atomic E-state index is 12.3. The van der Waals surface area contributed by atoms with Crippen molar-refractivity contribution in [3.05, 3.63) is 22.2 Å². The van der Waals surface area contributed by atoms with Gasteiger partial charge in [0.2, 0.25) is 0 Å². The fourth-order valence-corrected chi connectivity index (χ4v) is 5.78. The molecular weight excluding hydrogens is 501 g/mol. The van der Waals surface area contributed by atoms with Crippen molar-refractivity contribution >= 4 is 29.3 Å². The van der Waals surface area contributed by atoms with Crippen molar-refractivity contribution in [2.45, 2.75) is 30.9 Å². The number of hydrogen-bond acceptors (Lipinski definition) is 12. The van der Waals surface area contributed by atoms with Gasteiger partial charge in [-0.05, 0) is 13.0 Å². The highest BCUT2D eigenvalue weighted by molar-refractivity contribution is 7.66. The lowest BCUT2D eigenvalue weighted by Crippen LogP contribution is -2.55. The summed E-state index contributed by atoms with van der Waals surface area (Å²) in [7, 11) is -16.8. The summed E-state index contributed by atoms with van der Waals surface area (Å²) in [5, 5.41) is 10.5. The summed E-state index contributed by atoms with van der Waals surface area (Å²) < 4.78 is 51.8. The molecule has 0 saturated carbocycles. The van der Waals surface area contributed by atoms with Gasteiger partial charge in [0.25, 0.3) is 0 Å². The summed E-state index contributed by atoms with van der Waals surface area (Å²) in [4.78, 5) is 51.5. The molecule has 0 amide bonds. The lowest BCUT2D eigenvalue weighted by molar-refractivity contribution is -0.0474. The molecule has 20 heteroatoms. The number of nitrogens with two attached hydrogens (primary N) is 2. The Balaban J connectivity index is 2.23. The van der Waals surface area contributed by atoms with Gasteiger partial charge in [0, 0.05) is 5.69 Å². The highest BCUT2D eigenvalue weighted by atomic mass is 31.3. The summed E-state index contributed by atoms with van der Waals surface area (Å²) >= 11 is 0. The number of ether oxygens (including phenoxy) is 1. The van der Waals surface area contributed by atoms with Gasteiger partial charge in [0.05, 0.1) is 6.61 Å². The zero-order valence-electron chi connectivity index (χ0n) is 16.0. The molecule has 1 saturated heterocycles. The molecule has 0 aromatic carbocycles. The van der Waals surface area contributed by atoms with Gasteiger partial charge >= 0.3 is 29.2 Å². The lowest BCUT2D eigenvalue weighted by Gasteiger charge is -2.28. The Bertz CT molecular complexity index is 1130. The topological polar surface area (TPSA) is 276 Å². The highest BCUT2D eigenvalue weighted by Crippen LogP contribution is 2.66. The van der Waals surface area contributed by atoms with E-state index in [9.17, 15) is 28.5 Å². The quantitative estimate of drug-likeness (QED) is 0.145. The van der Waals surface area contributed by atoms with Crippen LogP contribution >= 0.6 is 23.5 Å². The summed E-state index contributed by atoms with van der Waals surface area (Å²) in [6, 6.07) is 1.29. The first-order chi connectivity index (χ1) is 14.4. The van der Waals surface area contributed by atoms with Crippen LogP contribution in [-0.4, -0.2) is 58.6 Å². The van der Waals surface area contributed by atoms with Gasteiger partial charge in [-0.2, -0.15) is 13.6 Å². The van der Waals surface area contributed by atoms with Crippen LogP contribution in [0.2, 0.25) is 0 Å². The van der Waals surface area contributed by atoms with E-state index in [1.54, 1.807) is 0 Å². The molecule has 0 aliphatic carbocycles. The Kier molecular flexibility index (Phi) is 7.58. The molecule has 0 bridgehead atoms. The molecule has 1 fully saturated rings. The van der Waals surface area contributed by atoms with Gasteiger partial charge in [0.1, 0.15) is 18.0 Å². The van der Waals surface area contributed by atoms with Crippen LogP contribution in [0.15, 0.2) is 10.9 Å². The zero-order valence-corrected chi connectivity index (χ0v) is 18.7.